The number of hydrogen-bond donors (Lipinski definition) is 1. The van der Waals surface area contributed by atoms with E-state index in [2.05, 4.69) is 4.98 Å². The maximum atomic E-state index is 12.1. The number of aromatic amines is 1. The normalized spacial score (nSPS) is 34.7. The van der Waals surface area contributed by atoms with Crippen molar-refractivity contribution in [1.29, 1.82) is 0 Å². The number of nitrogens with zero attached hydrogens (tertiary/aromatic N) is 2. The van der Waals surface area contributed by atoms with Crippen LogP contribution in [-0.2, 0) is 20.9 Å². The van der Waals surface area contributed by atoms with Crippen LogP contribution in [0.4, 0.5) is 0 Å². The Morgan fingerprint density at radius 1 is 1.00 bits per heavy atom. The number of ether oxygens (including phenoxy) is 2. The maximum absolute atomic E-state index is 12.1. The monoisotopic (exact) mass is 241 g/mol. The minimum atomic E-state index is -0.953. The fourth-order valence-corrected chi connectivity index (χ4v) is 1.78. The zero-order valence-electron chi connectivity index (χ0n) is 9.35. The SMILES string of the molecule is CC1(n2c(=O)[nH]c(=O)n(C3(C)CO3)c2=O)CO1. The van der Waals surface area contributed by atoms with Crippen LogP contribution >= 0.6 is 0 Å². The molecule has 2 fully saturated rings. The summed E-state index contributed by atoms with van der Waals surface area (Å²) in [4.78, 5) is 37.5. The average Bonchev–Trinajstić information content (AvgIpc) is 3.07. The maximum Gasteiger partial charge on any atom is 0.341 e. The van der Waals surface area contributed by atoms with Gasteiger partial charge in [0.25, 0.3) is 0 Å². The summed E-state index contributed by atoms with van der Waals surface area (Å²) in [5.74, 6) is 0. The largest absolute Gasteiger partial charge is 0.348 e. The molecule has 3 heterocycles. The minimum absolute atomic E-state index is 0.270. The number of rotatable bonds is 2. The molecule has 1 aromatic heterocycles. The Balaban J connectivity index is 2.35. The summed E-state index contributed by atoms with van der Waals surface area (Å²) in [7, 11) is 0. The number of H-pyrrole nitrogens is 1. The summed E-state index contributed by atoms with van der Waals surface area (Å²) in [5, 5.41) is 0. The average molecular weight is 241 g/mol. The van der Waals surface area contributed by atoms with E-state index in [-0.39, 0.29) is 13.2 Å². The Bertz CT molecular complexity index is 605. The molecule has 0 aromatic carbocycles. The summed E-state index contributed by atoms with van der Waals surface area (Å²) >= 11 is 0. The fraction of sp³-hybridized carbons (Fsp3) is 0.667. The van der Waals surface area contributed by atoms with E-state index in [1.165, 1.54) is 0 Å². The number of nitrogens with one attached hydrogen (secondary N) is 1. The predicted molar refractivity (Wildman–Crippen MR) is 54.8 cm³/mol. The zero-order chi connectivity index (χ0) is 12.4. The Morgan fingerprint density at radius 2 is 1.35 bits per heavy atom. The fourth-order valence-electron chi connectivity index (χ4n) is 1.78. The van der Waals surface area contributed by atoms with Crippen LogP contribution in [-0.4, -0.2) is 27.3 Å². The van der Waals surface area contributed by atoms with Gasteiger partial charge in [0.05, 0.1) is 13.2 Å². The first-order valence-electron chi connectivity index (χ1n) is 5.15. The highest BCUT2D eigenvalue weighted by atomic mass is 16.6. The van der Waals surface area contributed by atoms with Crippen molar-refractivity contribution in [3.63, 3.8) is 0 Å². The van der Waals surface area contributed by atoms with Crippen LogP contribution in [0.5, 0.6) is 0 Å². The van der Waals surface area contributed by atoms with Crippen LogP contribution in [0.1, 0.15) is 13.8 Å². The summed E-state index contributed by atoms with van der Waals surface area (Å²) in [5.41, 5.74) is -4.14. The van der Waals surface area contributed by atoms with Gasteiger partial charge in [-0.05, 0) is 13.8 Å². The first-order chi connectivity index (χ1) is 7.87. The van der Waals surface area contributed by atoms with Gasteiger partial charge >= 0.3 is 17.1 Å². The zero-order valence-corrected chi connectivity index (χ0v) is 9.35. The van der Waals surface area contributed by atoms with E-state index in [4.69, 9.17) is 9.47 Å². The van der Waals surface area contributed by atoms with Gasteiger partial charge in [0.15, 0.2) is 11.4 Å². The Hall–Kier alpha value is -1.67. The lowest BCUT2D eigenvalue weighted by molar-refractivity contribution is 0.193. The molecule has 2 atom stereocenters. The Morgan fingerprint density at radius 3 is 1.65 bits per heavy atom. The van der Waals surface area contributed by atoms with E-state index >= 15 is 0 Å². The van der Waals surface area contributed by atoms with Gasteiger partial charge < -0.3 is 9.47 Å². The lowest BCUT2D eigenvalue weighted by atomic mass is 10.3. The highest BCUT2D eigenvalue weighted by Gasteiger charge is 2.49. The molecule has 0 amide bonds. The van der Waals surface area contributed by atoms with Crippen molar-refractivity contribution in [3.8, 4) is 0 Å². The first kappa shape index (κ1) is 10.5. The summed E-state index contributed by atoms with van der Waals surface area (Å²) in [6.45, 7) is 3.75. The third-order valence-electron chi connectivity index (χ3n) is 3.07. The molecule has 3 rings (SSSR count). The molecule has 2 unspecified atom stereocenters. The first-order valence-corrected chi connectivity index (χ1v) is 5.15. The minimum Gasteiger partial charge on any atom is -0.348 e. The molecule has 0 bridgehead atoms. The van der Waals surface area contributed by atoms with Crippen molar-refractivity contribution in [2.24, 2.45) is 0 Å². The lowest BCUT2D eigenvalue weighted by Crippen LogP contribution is -2.55. The van der Waals surface area contributed by atoms with Gasteiger partial charge in [0.1, 0.15) is 0 Å². The van der Waals surface area contributed by atoms with Gasteiger partial charge in [0.2, 0.25) is 0 Å². The molecule has 2 aliphatic heterocycles. The van der Waals surface area contributed by atoms with E-state index in [1.807, 2.05) is 0 Å². The second-order valence-corrected chi connectivity index (χ2v) is 4.62. The van der Waals surface area contributed by atoms with Crippen LogP contribution in [0.25, 0.3) is 0 Å². The Labute approximate surface area is 94.4 Å². The second-order valence-electron chi connectivity index (χ2n) is 4.62. The number of aromatic nitrogens is 3. The molecule has 0 saturated carbocycles. The van der Waals surface area contributed by atoms with Crippen molar-refractivity contribution in [3.05, 3.63) is 31.5 Å². The van der Waals surface area contributed by atoms with Gasteiger partial charge in [-0.25, -0.2) is 23.5 Å². The highest BCUT2D eigenvalue weighted by Crippen LogP contribution is 2.31. The molecule has 2 saturated heterocycles. The van der Waals surface area contributed by atoms with Gasteiger partial charge in [-0.15, -0.1) is 0 Å². The van der Waals surface area contributed by atoms with Crippen LogP contribution in [0.2, 0.25) is 0 Å². The molecular formula is C9H11N3O5. The van der Waals surface area contributed by atoms with Crippen LogP contribution in [0.15, 0.2) is 14.4 Å². The Kier molecular flexibility index (Phi) is 1.71. The summed E-state index contributed by atoms with van der Waals surface area (Å²) in [6, 6.07) is 0. The van der Waals surface area contributed by atoms with Crippen LogP contribution in [0, 0.1) is 0 Å². The van der Waals surface area contributed by atoms with Gasteiger partial charge in [-0.2, -0.15) is 0 Å². The second kappa shape index (κ2) is 2.77. The molecule has 1 aromatic rings. The van der Waals surface area contributed by atoms with Gasteiger partial charge in [-0.1, -0.05) is 0 Å². The van der Waals surface area contributed by atoms with Crippen LogP contribution < -0.4 is 17.1 Å². The molecule has 0 radical (unpaired) electrons. The third-order valence-corrected chi connectivity index (χ3v) is 3.07. The number of hydrogen-bond acceptors (Lipinski definition) is 5. The van der Waals surface area contributed by atoms with E-state index in [1.54, 1.807) is 13.8 Å². The van der Waals surface area contributed by atoms with Crippen molar-refractivity contribution >= 4 is 0 Å². The van der Waals surface area contributed by atoms with Crippen molar-refractivity contribution < 1.29 is 9.47 Å². The molecule has 2 aliphatic rings. The van der Waals surface area contributed by atoms with Gasteiger partial charge in [-0.3, -0.25) is 4.98 Å². The number of epoxide rings is 2. The smallest absolute Gasteiger partial charge is 0.341 e. The quantitative estimate of drug-likeness (QED) is 0.609. The van der Waals surface area contributed by atoms with Gasteiger partial charge in [0, 0.05) is 0 Å². The topological polar surface area (TPSA) is 102 Å². The molecule has 92 valence electrons. The molecule has 0 spiro atoms. The predicted octanol–water partition coefficient (Wildman–Crippen LogP) is -1.90. The molecule has 17 heavy (non-hydrogen) atoms. The van der Waals surface area contributed by atoms with Crippen molar-refractivity contribution in [2.75, 3.05) is 13.2 Å². The van der Waals surface area contributed by atoms with E-state index < -0.39 is 28.5 Å². The van der Waals surface area contributed by atoms with E-state index in [0.29, 0.717) is 0 Å². The van der Waals surface area contributed by atoms with Crippen LogP contribution in [0.3, 0.4) is 0 Å². The third kappa shape index (κ3) is 1.34. The van der Waals surface area contributed by atoms with E-state index in [9.17, 15) is 14.4 Å². The van der Waals surface area contributed by atoms with Crippen molar-refractivity contribution in [1.82, 2.24) is 14.1 Å². The molecular weight excluding hydrogens is 230 g/mol. The molecule has 1 N–H and O–H groups in total. The highest BCUT2D eigenvalue weighted by molar-refractivity contribution is 4.94. The summed E-state index contributed by atoms with van der Waals surface area (Å²) < 4.78 is 11.9. The standard InChI is InChI=1S/C9H11N3O5/c1-8(3-16-8)11-5(13)10-6(14)12(7(11)15)9(2)4-17-9/h3-4H2,1-2H3,(H,10,13,14). The molecule has 0 aliphatic carbocycles. The molecule has 8 heteroatoms. The van der Waals surface area contributed by atoms with E-state index in [0.717, 1.165) is 9.13 Å². The molecule has 8 nitrogen and oxygen atoms in total. The van der Waals surface area contributed by atoms with Crippen molar-refractivity contribution in [2.45, 2.75) is 25.3 Å². The lowest BCUT2D eigenvalue weighted by Gasteiger charge is -2.13. The summed E-state index contributed by atoms with van der Waals surface area (Å²) in [6.07, 6.45) is 0.